The molecule has 0 aromatic rings. The minimum atomic E-state index is -0.135. The fourth-order valence-electron chi connectivity index (χ4n) is 2.16. The lowest BCUT2D eigenvalue weighted by atomic mass is 10.1. The topological polar surface area (TPSA) is 29.5 Å². The third-order valence-electron chi connectivity index (χ3n) is 3.04. The minimum Gasteiger partial charge on any atom is -0.368 e. The van der Waals surface area contributed by atoms with Crippen molar-refractivity contribution < 1.29 is 9.53 Å². The van der Waals surface area contributed by atoms with E-state index in [1.54, 1.807) is 0 Å². The zero-order valence-corrected chi connectivity index (χ0v) is 9.74. The first-order valence-electron chi connectivity index (χ1n) is 6.10. The van der Waals surface area contributed by atoms with Crippen LogP contribution < -0.4 is 0 Å². The molecular weight excluding hydrogens is 190 g/mol. The van der Waals surface area contributed by atoms with E-state index < -0.39 is 0 Å². The summed E-state index contributed by atoms with van der Waals surface area (Å²) in [4.78, 5) is 14.2. The van der Waals surface area contributed by atoms with E-state index in [0.717, 1.165) is 26.0 Å². The number of carbonyl (C=O) groups excluding carboxylic acids is 1. The molecule has 15 heavy (non-hydrogen) atoms. The van der Waals surface area contributed by atoms with Crippen molar-refractivity contribution in [2.24, 2.45) is 5.92 Å². The zero-order chi connectivity index (χ0) is 10.8. The molecule has 2 fully saturated rings. The van der Waals surface area contributed by atoms with Crippen LogP contribution in [0.25, 0.3) is 0 Å². The number of hydrogen-bond acceptors (Lipinski definition) is 2. The third kappa shape index (κ3) is 2.71. The SMILES string of the molecule is CC(C)CN(C(=O)[C@@H]1CCCO1)C1CC1. The second-order valence-electron chi connectivity index (χ2n) is 5.12. The largest absolute Gasteiger partial charge is 0.368 e. The first kappa shape index (κ1) is 10.9. The van der Waals surface area contributed by atoms with Crippen molar-refractivity contribution >= 4 is 5.91 Å². The Hall–Kier alpha value is -0.570. The van der Waals surface area contributed by atoms with Gasteiger partial charge in [-0.05, 0) is 31.6 Å². The Balaban J connectivity index is 1.93. The van der Waals surface area contributed by atoms with Crippen LogP contribution in [-0.4, -0.2) is 36.1 Å². The molecule has 3 nitrogen and oxygen atoms in total. The van der Waals surface area contributed by atoms with Crippen LogP contribution >= 0.6 is 0 Å². The van der Waals surface area contributed by atoms with Gasteiger partial charge in [0, 0.05) is 19.2 Å². The molecule has 0 unspecified atom stereocenters. The molecule has 3 heteroatoms. The van der Waals surface area contributed by atoms with E-state index in [9.17, 15) is 4.79 Å². The fraction of sp³-hybridized carbons (Fsp3) is 0.917. The molecule has 0 N–H and O–H groups in total. The quantitative estimate of drug-likeness (QED) is 0.710. The molecular formula is C12H21NO2. The second-order valence-corrected chi connectivity index (χ2v) is 5.12. The van der Waals surface area contributed by atoms with Crippen LogP contribution in [0.15, 0.2) is 0 Å². The average molecular weight is 211 g/mol. The first-order valence-corrected chi connectivity index (χ1v) is 6.10. The smallest absolute Gasteiger partial charge is 0.251 e. The Labute approximate surface area is 91.8 Å². The standard InChI is InChI=1S/C12H21NO2/c1-9(2)8-13(10-5-6-10)12(14)11-4-3-7-15-11/h9-11H,3-8H2,1-2H3/t11-/m0/s1. The van der Waals surface area contributed by atoms with Gasteiger partial charge in [0.05, 0.1) is 0 Å². The van der Waals surface area contributed by atoms with E-state index in [1.807, 2.05) is 0 Å². The number of rotatable bonds is 4. The highest BCUT2D eigenvalue weighted by molar-refractivity contribution is 5.81. The number of amides is 1. The third-order valence-corrected chi connectivity index (χ3v) is 3.04. The van der Waals surface area contributed by atoms with Crippen molar-refractivity contribution in [2.75, 3.05) is 13.2 Å². The van der Waals surface area contributed by atoms with Crippen molar-refractivity contribution in [3.05, 3.63) is 0 Å². The molecule has 0 radical (unpaired) electrons. The highest BCUT2D eigenvalue weighted by Gasteiger charge is 2.37. The second kappa shape index (κ2) is 4.52. The van der Waals surface area contributed by atoms with Gasteiger partial charge >= 0.3 is 0 Å². The van der Waals surface area contributed by atoms with E-state index in [1.165, 1.54) is 12.8 Å². The van der Waals surface area contributed by atoms with Gasteiger partial charge in [-0.15, -0.1) is 0 Å². The zero-order valence-electron chi connectivity index (χ0n) is 9.74. The van der Waals surface area contributed by atoms with Gasteiger partial charge in [-0.3, -0.25) is 4.79 Å². The molecule has 1 aliphatic carbocycles. The first-order chi connectivity index (χ1) is 7.18. The number of carbonyl (C=O) groups is 1. The molecule has 0 aromatic heterocycles. The summed E-state index contributed by atoms with van der Waals surface area (Å²) in [6.07, 6.45) is 4.19. The Bertz CT molecular complexity index is 230. The summed E-state index contributed by atoms with van der Waals surface area (Å²) in [6.45, 7) is 5.98. The maximum absolute atomic E-state index is 12.2. The van der Waals surface area contributed by atoms with E-state index in [0.29, 0.717) is 12.0 Å². The predicted octanol–water partition coefficient (Wildman–Crippen LogP) is 1.81. The Morgan fingerprint density at radius 3 is 2.60 bits per heavy atom. The molecule has 86 valence electrons. The molecule has 2 rings (SSSR count). The molecule has 1 amide bonds. The lowest BCUT2D eigenvalue weighted by Gasteiger charge is -2.26. The number of hydrogen-bond donors (Lipinski definition) is 0. The molecule has 1 heterocycles. The number of ether oxygens (including phenoxy) is 1. The maximum Gasteiger partial charge on any atom is 0.251 e. The van der Waals surface area contributed by atoms with Crippen LogP contribution in [-0.2, 0) is 9.53 Å². The van der Waals surface area contributed by atoms with E-state index in [-0.39, 0.29) is 12.0 Å². The highest BCUT2D eigenvalue weighted by atomic mass is 16.5. The van der Waals surface area contributed by atoms with Crippen LogP contribution in [0.1, 0.15) is 39.5 Å². The average Bonchev–Trinajstić information content (AvgIpc) is 2.88. The molecule has 0 spiro atoms. The van der Waals surface area contributed by atoms with E-state index in [2.05, 4.69) is 18.7 Å². The van der Waals surface area contributed by atoms with Crippen LogP contribution in [0.2, 0.25) is 0 Å². The van der Waals surface area contributed by atoms with Crippen molar-refractivity contribution in [1.29, 1.82) is 0 Å². The summed E-state index contributed by atoms with van der Waals surface area (Å²) < 4.78 is 5.46. The van der Waals surface area contributed by atoms with Crippen molar-refractivity contribution in [3.8, 4) is 0 Å². The summed E-state index contributed by atoms with van der Waals surface area (Å²) >= 11 is 0. The Morgan fingerprint density at radius 1 is 1.40 bits per heavy atom. The van der Waals surface area contributed by atoms with Gasteiger partial charge in [-0.2, -0.15) is 0 Å². The highest BCUT2D eigenvalue weighted by Crippen LogP contribution is 2.29. The Morgan fingerprint density at radius 2 is 2.13 bits per heavy atom. The van der Waals surface area contributed by atoms with E-state index in [4.69, 9.17) is 4.74 Å². The lowest BCUT2D eigenvalue weighted by Crippen LogP contribution is -2.42. The summed E-state index contributed by atoms with van der Waals surface area (Å²) in [7, 11) is 0. The fourth-order valence-corrected chi connectivity index (χ4v) is 2.16. The van der Waals surface area contributed by atoms with Gasteiger partial charge in [0.2, 0.25) is 0 Å². The van der Waals surface area contributed by atoms with Crippen LogP contribution in [0.3, 0.4) is 0 Å². The maximum atomic E-state index is 12.2. The van der Waals surface area contributed by atoms with Gasteiger partial charge in [0.15, 0.2) is 0 Å². The van der Waals surface area contributed by atoms with Gasteiger partial charge < -0.3 is 9.64 Å². The summed E-state index contributed by atoms with van der Waals surface area (Å²) in [5.41, 5.74) is 0. The van der Waals surface area contributed by atoms with Crippen LogP contribution in [0.4, 0.5) is 0 Å². The van der Waals surface area contributed by atoms with Crippen molar-refractivity contribution in [2.45, 2.75) is 51.7 Å². The van der Waals surface area contributed by atoms with Gasteiger partial charge in [0.25, 0.3) is 5.91 Å². The predicted molar refractivity (Wildman–Crippen MR) is 58.5 cm³/mol. The minimum absolute atomic E-state index is 0.135. The lowest BCUT2D eigenvalue weighted by molar-refractivity contribution is -0.142. The molecule has 2 aliphatic rings. The molecule has 0 bridgehead atoms. The molecule has 1 saturated heterocycles. The molecule has 1 atom stereocenters. The summed E-state index contributed by atoms with van der Waals surface area (Å²) in [5.74, 6) is 0.791. The molecule has 0 aromatic carbocycles. The van der Waals surface area contributed by atoms with E-state index >= 15 is 0 Å². The summed E-state index contributed by atoms with van der Waals surface area (Å²) in [5, 5.41) is 0. The van der Waals surface area contributed by atoms with Crippen LogP contribution in [0.5, 0.6) is 0 Å². The van der Waals surface area contributed by atoms with Crippen LogP contribution in [0, 0.1) is 5.92 Å². The monoisotopic (exact) mass is 211 g/mol. The molecule has 1 aliphatic heterocycles. The van der Waals surface area contributed by atoms with Crippen molar-refractivity contribution in [1.82, 2.24) is 4.90 Å². The number of nitrogens with zero attached hydrogens (tertiary/aromatic N) is 1. The Kier molecular flexibility index (Phi) is 3.29. The summed E-state index contributed by atoms with van der Waals surface area (Å²) in [6, 6.07) is 0.518. The van der Waals surface area contributed by atoms with Gasteiger partial charge in [0.1, 0.15) is 6.10 Å². The van der Waals surface area contributed by atoms with Crippen molar-refractivity contribution in [3.63, 3.8) is 0 Å². The van der Waals surface area contributed by atoms with Gasteiger partial charge in [-0.1, -0.05) is 13.8 Å². The van der Waals surface area contributed by atoms with Gasteiger partial charge in [-0.25, -0.2) is 0 Å². The molecule has 1 saturated carbocycles. The normalized spacial score (nSPS) is 25.9.